The van der Waals surface area contributed by atoms with Crippen LogP contribution in [0.15, 0.2) is 47.4 Å². The molecule has 0 saturated heterocycles. The average molecular weight is 331 g/mol. The van der Waals surface area contributed by atoms with Crippen molar-refractivity contribution in [1.82, 2.24) is 10.2 Å². The Balaban J connectivity index is 1.99. The van der Waals surface area contributed by atoms with Crippen LogP contribution in [0.2, 0.25) is 0 Å². The lowest BCUT2D eigenvalue weighted by molar-refractivity contribution is 0.0692. The molecule has 8 heteroatoms. The fourth-order valence-corrected chi connectivity index (χ4v) is 3.22. The molecule has 0 amide bonds. The maximum absolute atomic E-state index is 12.4. The standard InChI is InChI=1S/C15H13N3O4S/c1-9-2-5-11(6-3-9)23(21,22)18-10-4-7-13-12(8-10)14(15(19)20)17-16-13/h2-8,18H,1H3,(H,16,17)(H,19,20). The lowest BCUT2D eigenvalue weighted by Crippen LogP contribution is -2.12. The molecule has 0 aliphatic heterocycles. The number of hydrogen-bond acceptors (Lipinski definition) is 4. The predicted molar refractivity (Wildman–Crippen MR) is 85.0 cm³/mol. The number of carbonyl (C=O) groups is 1. The SMILES string of the molecule is Cc1ccc(S(=O)(=O)Nc2ccc3[nH]nc(C(=O)O)c3c2)cc1. The van der Waals surface area contributed by atoms with Crippen molar-refractivity contribution in [1.29, 1.82) is 0 Å². The predicted octanol–water partition coefficient (Wildman–Crippen LogP) is 2.37. The van der Waals surface area contributed by atoms with Crippen LogP contribution in [-0.2, 0) is 10.0 Å². The van der Waals surface area contributed by atoms with Crippen LogP contribution in [0.25, 0.3) is 10.9 Å². The number of aromatic carboxylic acids is 1. The quantitative estimate of drug-likeness (QED) is 0.679. The molecule has 0 atom stereocenters. The van der Waals surface area contributed by atoms with E-state index in [1.807, 2.05) is 6.92 Å². The maximum atomic E-state index is 12.4. The highest BCUT2D eigenvalue weighted by Gasteiger charge is 2.17. The molecule has 0 aliphatic rings. The molecule has 0 fully saturated rings. The Bertz CT molecular complexity index is 991. The first-order chi connectivity index (χ1) is 10.9. The van der Waals surface area contributed by atoms with E-state index in [0.29, 0.717) is 10.9 Å². The second-order valence-electron chi connectivity index (χ2n) is 5.06. The van der Waals surface area contributed by atoms with E-state index in [1.54, 1.807) is 18.2 Å². The molecule has 0 radical (unpaired) electrons. The molecule has 3 rings (SSSR count). The van der Waals surface area contributed by atoms with Gasteiger partial charge in [-0.15, -0.1) is 0 Å². The molecule has 0 bridgehead atoms. The van der Waals surface area contributed by atoms with Crippen LogP contribution in [0.3, 0.4) is 0 Å². The summed E-state index contributed by atoms with van der Waals surface area (Å²) in [5.41, 5.74) is 1.58. The third kappa shape index (κ3) is 2.88. The first-order valence-electron chi connectivity index (χ1n) is 6.68. The van der Waals surface area contributed by atoms with E-state index in [2.05, 4.69) is 14.9 Å². The summed E-state index contributed by atoms with van der Waals surface area (Å²) in [5.74, 6) is -1.19. The molecule has 0 saturated carbocycles. The van der Waals surface area contributed by atoms with Gasteiger partial charge in [0.1, 0.15) is 0 Å². The fraction of sp³-hybridized carbons (Fsp3) is 0.0667. The highest BCUT2D eigenvalue weighted by atomic mass is 32.2. The summed E-state index contributed by atoms with van der Waals surface area (Å²) in [6, 6.07) is 11.0. The minimum Gasteiger partial charge on any atom is -0.476 e. The number of sulfonamides is 1. The van der Waals surface area contributed by atoms with Crippen LogP contribution in [0.4, 0.5) is 5.69 Å². The molecule has 2 aromatic carbocycles. The number of aryl methyl sites for hydroxylation is 1. The lowest BCUT2D eigenvalue weighted by atomic mass is 10.2. The first-order valence-corrected chi connectivity index (χ1v) is 8.16. The first kappa shape index (κ1) is 15.0. The average Bonchev–Trinajstić information content (AvgIpc) is 2.90. The van der Waals surface area contributed by atoms with Gasteiger partial charge in [0.05, 0.1) is 10.4 Å². The van der Waals surface area contributed by atoms with Crippen molar-refractivity contribution in [3.8, 4) is 0 Å². The van der Waals surface area contributed by atoms with Gasteiger partial charge in [0, 0.05) is 11.1 Å². The highest BCUT2D eigenvalue weighted by Crippen LogP contribution is 2.23. The number of carboxylic acids is 1. The number of anilines is 1. The van der Waals surface area contributed by atoms with Gasteiger partial charge in [-0.1, -0.05) is 17.7 Å². The molecule has 3 N–H and O–H groups in total. The van der Waals surface area contributed by atoms with Crippen LogP contribution in [-0.4, -0.2) is 29.7 Å². The number of carboxylic acid groups (broad SMARTS) is 1. The Kier molecular flexibility index (Phi) is 3.53. The van der Waals surface area contributed by atoms with Crippen molar-refractivity contribution < 1.29 is 18.3 Å². The van der Waals surface area contributed by atoms with Gasteiger partial charge in [-0.05, 0) is 37.3 Å². The van der Waals surface area contributed by atoms with E-state index in [0.717, 1.165) is 5.56 Å². The number of benzene rings is 2. The summed E-state index contributed by atoms with van der Waals surface area (Å²) in [5, 5.41) is 15.7. The summed E-state index contributed by atoms with van der Waals surface area (Å²) in [4.78, 5) is 11.2. The molecule has 1 heterocycles. The van der Waals surface area contributed by atoms with E-state index < -0.39 is 16.0 Å². The number of hydrogen-bond donors (Lipinski definition) is 3. The van der Waals surface area contributed by atoms with E-state index in [4.69, 9.17) is 5.11 Å². The Morgan fingerprint density at radius 2 is 1.87 bits per heavy atom. The summed E-state index contributed by atoms with van der Waals surface area (Å²) in [6.07, 6.45) is 0. The Morgan fingerprint density at radius 1 is 1.17 bits per heavy atom. The zero-order valence-corrected chi connectivity index (χ0v) is 12.9. The Labute approximate surface area is 132 Å². The molecule has 3 aromatic rings. The van der Waals surface area contributed by atoms with Crippen LogP contribution in [0.1, 0.15) is 16.1 Å². The Morgan fingerprint density at radius 3 is 2.52 bits per heavy atom. The lowest BCUT2D eigenvalue weighted by Gasteiger charge is -2.08. The van der Waals surface area contributed by atoms with Gasteiger partial charge in [0.2, 0.25) is 0 Å². The van der Waals surface area contributed by atoms with E-state index in [9.17, 15) is 13.2 Å². The van der Waals surface area contributed by atoms with Crippen molar-refractivity contribution in [3.63, 3.8) is 0 Å². The highest BCUT2D eigenvalue weighted by molar-refractivity contribution is 7.92. The van der Waals surface area contributed by atoms with E-state index in [-0.39, 0.29) is 16.3 Å². The number of rotatable bonds is 4. The molecular formula is C15H13N3O4S. The normalized spacial score (nSPS) is 11.5. The topological polar surface area (TPSA) is 112 Å². The summed E-state index contributed by atoms with van der Waals surface area (Å²) in [6.45, 7) is 1.87. The number of nitrogens with one attached hydrogen (secondary N) is 2. The van der Waals surface area contributed by atoms with Gasteiger partial charge >= 0.3 is 5.97 Å². The molecule has 118 valence electrons. The zero-order valence-electron chi connectivity index (χ0n) is 12.1. The second kappa shape index (κ2) is 5.40. The minimum absolute atomic E-state index is 0.133. The molecule has 0 aliphatic carbocycles. The number of H-pyrrole nitrogens is 1. The third-order valence-electron chi connectivity index (χ3n) is 3.35. The van der Waals surface area contributed by atoms with Crippen molar-refractivity contribution in [2.24, 2.45) is 0 Å². The van der Waals surface area contributed by atoms with Gasteiger partial charge in [0.25, 0.3) is 10.0 Å². The number of nitrogens with zero attached hydrogens (tertiary/aromatic N) is 1. The number of fused-ring (bicyclic) bond motifs is 1. The van der Waals surface area contributed by atoms with Gasteiger partial charge < -0.3 is 5.11 Å². The monoisotopic (exact) mass is 331 g/mol. The van der Waals surface area contributed by atoms with Gasteiger partial charge in [0.15, 0.2) is 5.69 Å². The van der Waals surface area contributed by atoms with Crippen molar-refractivity contribution in [2.75, 3.05) is 4.72 Å². The van der Waals surface area contributed by atoms with Crippen molar-refractivity contribution >= 4 is 32.6 Å². The Hall–Kier alpha value is -2.87. The van der Waals surface area contributed by atoms with Crippen LogP contribution in [0, 0.1) is 6.92 Å². The molecule has 0 spiro atoms. The fourth-order valence-electron chi connectivity index (χ4n) is 2.17. The van der Waals surface area contributed by atoms with Gasteiger partial charge in [-0.3, -0.25) is 9.82 Å². The molecule has 7 nitrogen and oxygen atoms in total. The van der Waals surface area contributed by atoms with Crippen LogP contribution < -0.4 is 4.72 Å². The van der Waals surface area contributed by atoms with Crippen molar-refractivity contribution in [2.45, 2.75) is 11.8 Å². The third-order valence-corrected chi connectivity index (χ3v) is 4.75. The van der Waals surface area contributed by atoms with Gasteiger partial charge in [-0.25, -0.2) is 13.2 Å². The van der Waals surface area contributed by atoms with E-state index in [1.165, 1.54) is 24.3 Å². The van der Waals surface area contributed by atoms with Crippen LogP contribution >= 0.6 is 0 Å². The molecule has 0 unspecified atom stereocenters. The molecule has 1 aromatic heterocycles. The van der Waals surface area contributed by atoms with E-state index >= 15 is 0 Å². The minimum atomic E-state index is -3.74. The second-order valence-corrected chi connectivity index (χ2v) is 6.74. The summed E-state index contributed by atoms with van der Waals surface area (Å²) in [7, 11) is -3.74. The summed E-state index contributed by atoms with van der Waals surface area (Å²) >= 11 is 0. The molecular weight excluding hydrogens is 318 g/mol. The van der Waals surface area contributed by atoms with Gasteiger partial charge in [-0.2, -0.15) is 5.10 Å². The zero-order chi connectivity index (χ0) is 16.6. The smallest absolute Gasteiger partial charge is 0.357 e. The molecule has 23 heavy (non-hydrogen) atoms. The number of aromatic amines is 1. The van der Waals surface area contributed by atoms with Crippen molar-refractivity contribution in [3.05, 3.63) is 53.7 Å². The van der Waals surface area contributed by atoms with Crippen LogP contribution in [0.5, 0.6) is 0 Å². The maximum Gasteiger partial charge on any atom is 0.357 e. The number of aromatic nitrogens is 2. The largest absolute Gasteiger partial charge is 0.476 e. The summed E-state index contributed by atoms with van der Waals surface area (Å²) < 4.78 is 27.2.